The lowest BCUT2D eigenvalue weighted by Gasteiger charge is -2.09. The summed E-state index contributed by atoms with van der Waals surface area (Å²) in [4.78, 5) is 19.3. The van der Waals surface area contributed by atoms with Crippen LogP contribution in [0.5, 0.6) is 0 Å². The molecule has 1 aromatic carbocycles. The van der Waals surface area contributed by atoms with E-state index >= 15 is 0 Å². The van der Waals surface area contributed by atoms with Crippen molar-refractivity contribution >= 4 is 17.3 Å². The van der Waals surface area contributed by atoms with Gasteiger partial charge < -0.3 is 10.6 Å². The average molecular weight is 278 g/mol. The lowest BCUT2D eigenvalue weighted by Crippen LogP contribution is -2.14. The number of nitrogens with one attached hydrogen (secondary N) is 2. The third-order valence-electron chi connectivity index (χ3n) is 2.48. The van der Waals surface area contributed by atoms with Crippen molar-refractivity contribution in [1.82, 2.24) is 9.97 Å². The van der Waals surface area contributed by atoms with Crippen LogP contribution in [0.4, 0.5) is 20.2 Å². The molecule has 7 heteroatoms. The third-order valence-corrected chi connectivity index (χ3v) is 2.48. The van der Waals surface area contributed by atoms with Gasteiger partial charge in [0, 0.05) is 12.1 Å². The summed E-state index contributed by atoms with van der Waals surface area (Å²) in [5.41, 5.74) is -0.0216. The predicted octanol–water partition coefficient (Wildman–Crippen LogP) is 2.44. The van der Waals surface area contributed by atoms with Gasteiger partial charge in [0.1, 0.15) is 23.6 Å². The van der Waals surface area contributed by atoms with Crippen LogP contribution in [-0.4, -0.2) is 22.4 Å². The van der Waals surface area contributed by atoms with Crippen molar-refractivity contribution in [3.05, 3.63) is 48.1 Å². The lowest BCUT2D eigenvalue weighted by atomic mass is 10.1. The van der Waals surface area contributed by atoms with Gasteiger partial charge in [-0.3, -0.25) is 4.79 Å². The van der Waals surface area contributed by atoms with E-state index in [0.29, 0.717) is 12.2 Å². The van der Waals surface area contributed by atoms with Gasteiger partial charge in [-0.05, 0) is 19.1 Å². The van der Waals surface area contributed by atoms with Crippen LogP contribution in [0.1, 0.15) is 17.3 Å². The van der Waals surface area contributed by atoms with E-state index in [4.69, 9.17) is 0 Å². The van der Waals surface area contributed by atoms with Crippen molar-refractivity contribution in [3.63, 3.8) is 0 Å². The second kappa shape index (κ2) is 6.05. The van der Waals surface area contributed by atoms with Crippen LogP contribution in [0.15, 0.2) is 30.9 Å². The number of carbonyl (C=O) groups is 1. The minimum atomic E-state index is -0.818. The van der Waals surface area contributed by atoms with Crippen LogP contribution < -0.4 is 10.6 Å². The molecule has 0 saturated heterocycles. The first-order valence-corrected chi connectivity index (χ1v) is 5.91. The quantitative estimate of drug-likeness (QED) is 0.901. The smallest absolute Gasteiger partial charge is 0.255 e. The number of anilines is 2. The summed E-state index contributed by atoms with van der Waals surface area (Å²) >= 11 is 0. The molecule has 0 atom stereocenters. The molecule has 20 heavy (non-hydrogen) atoms. The summed E-state index contributed by atoms with van der Waals surface area (Å²) in [6.07, 6.45) is 4.06. The second-order valence-electron chi connectivity index (χ2n) is 3.93. The summed E-state index contributed by atoms with van der Waals surface area (Å²) in [6, 6.07) is 1.94. The molecular formula is C13H12F2N4O. The van der Waals surface area contributed by atoms with Gasteiger partial charge in [0.2, 0.25) is 0 Å². The number of halogens is 2. The second-order valence-corrected chi connectivity index (χ2v) is 3.93. The molecule has 0 unspecified atom stereocenters. The standard InChI is InChI=1S/C13H12F2N4O/c1-2-18-12-10(14)3-8(4-11(12)15)13(20)19-9-5-16-7-17-6-9/h3-7,18H,2H2,1H3,(H,19,20). The highest BCUT2D eigenvalue weighted by Gasteiger charge is 2.15. The number of hydrogen-bond donors (Lipinski definition) is 2. The first-order valence-electron chi connectivity index (χ1n) is 5.91. The molecule has 2 N–H and O–H groups in total. The van der Waals surface area contributed by atoms with Gasteiger partial charge in [-0.15, -0.1) is 0 Å². The predicted molar refractivity (Wildman–Crippen MR) is 70.5 cm³/mol. The fraction of sp³-hybridized carbons (Fsp3) is 0.154. The fourth-order valence-electron chi connectivity index (χ4n) is 1.62. The molecule has 1 aromatic heterocycles. The molecule has 0 saturated carbocycles. The Morgan fingerprint density at radius 3 is 2.35 bits per heavy atom. The summed E-state index contributed by atoms with van der Waals surface area (Å²) in [5, 5.41) is 5.00. The van der Waals surface area contributed by atoms with Crippen LogP contribution in [0.2, 0.25) is 0 Å². The Labute approximate surface area is 114 Å². The Bertz CT molecular complexity index is 596. The lowest BCUT2D eigenvalue weighted by molar-refractivity contribution is 0.102. The molecule has 0 aliphatic carbocycles. The Hall–Kier alpha value is -2.57. The van der Waals surface area contributed by atoms with E-state index in [1.165, 1.54) is 18.7 Å². The molecule has 0 aliphatic rings. The van der Waals surface area contributed by atoms with Gasteiger partial charge >= 0.3 is 0 Å². The van der Waals surface area contributed by atoms with Crippen molar-refractivity contribution in [2.24, 2.45) is 0 Å². The maximum atomic E-state index is 13.7. The number of nitrogens with zero attached hydrogens (tertiary/aromatic N) is 2. The molecule has 1 heterocycles. The van der Waals surface area contributed by atoms with E-state index in [-0.39, 0.29) is 11.3 Å². The zero-order chi connectivity index (χ0) is 14.5. The molecule has 0 bridgehead atoms. The summed E-state index contributed by atoms with van der Waals surface area (Å²) in [5.74, 6) is -2.27. The van der Waals surface area contributed by atoms with Gasteiger partial charge in [0.05, 0.1) is 18.1 Å². The highest BCUT2D eigenvalue weighted by Crippen LogP contribution is 2.21. The van der Waals surface area contributed by atoms with Crippen LogP contribution >= 0.6 is 0 Å². The molecule has 1 amide bonds. The van der Waals surface area contributed by atoms with Crippen molar-refractivity contribution in [3.8, 4) is 0 Å². The average Bonchev–Trinajstić information content (AvgIpc) is 2.43. The third kappa shape index (κ3) is 3.05. The van der Waals surface area contributed by atoms with Crippen molar-refractivity contribution < 1.29 is 13.6 Å². The number of benzene rings is 1. The Kier molecular flexibility index (Phi) is 4.19. The Morgan fingerprint density at radius 1 is 1.20 bits per heavy atom. The summed E-state index contributed by atoms with van der Waals surface area (Å²) in [6.45, 7) is 2.09. The molecule has 5 nitrogen and oxygen atoms in total. The minimum absolute atomic E-state index is 0.120. The maximum absolute atomic E-state index is 13.7. The van der Waals surface area contributed by atoms with Gasteiger partial charge in [-0.1, -0.05) is 0 Å². The van der Waals surface area contributed by atoms with Gasteiger partial charge in [-0.25, -0.2) is 18.7 Å². The Morgan fingerprint density at radius 2 is 1.80 bits per heavy atom. The Balaban J connectivity index is 2.23. The molecule has 0 aliphatic heterocycles. The van der Waals surface area contributed by atoms with Crippen molar-refractivity contribution in [2.75, 3.05) is 17.2 Å². The highest BCUT2D eigenvalue weighted by atomic mass is 19.1. The number of aromatic nitrogens is 2. The van der Waals surface area contributed by atoms with Crippen LogP contribution in [0.3, 0.4) is 0 Å². The van der Waals surface area contributed by atoms with Crippen LogP contribution in [0, 0.1) is 11.6 Å². The van der Waals surface area contributed by atoms with E-state index < -0.39 is 17.5 Å². The van der Waals surface area contributed by atoms with Gasteiger partial charge in [0.15, 0.2) is 0 Å². The molecule has 0 fully saturated rings. The monoisotopic (exact) mass is 278 g/mol. The van der Waals surface area contributed by atoms with E-state index in [0.717, 1.165) is 12.1 Å². The largest absolute Gasteiger partial charge is 0.381 e. The molecule has 104 valence electrons. The number of carbonyl (C=O) groups excluding carboxylic acids is 1. The molecule has 0 spiro atoms. The van der Waals surface area contributed by atoms with E-state index in [1.54, 1.807) is 6.92 Å². The van der Waals surface area contributed by atoms with Crippen LogP contribution in [0.25, 0.3) is 0 Å². The minimum Gasteiger partial charge on any atom is -0.381 e. The van der Waals surface area contributed by atoms with Crippen molar-refractivity contribution in [1.29, 1.82) is 0 Å². The summed E-state index contributed by atoms with van der Waals surface area (Å²) in [7, 11) is 0. The molecular weight excluding hydrogens is 266 g/mol. The number of rotatable bonds is 4. The normalized spacial score (nSPS) is 10.2. The SMILES string of the molecule is CCNc1c(F)cc(C(=O)Nc2cncnc2)cc1F. The first kappa shape index (κ1) is 13.9. The maximum Gasteiger partial charge on any atom is 0.255 e. The molecule has 2 rings (SSSR count). The number of amides is 1. The zero-order valence-corrected chi connectivity index (χ0v) is 10.7. The number of hydrogen-bond acceptors (Lipinski definition) is 4. The van der Waals surface area contributed by atoms with E-state index in [1.807, 2.05) is 0 Å². The van der Waals surface area contributed by atoms with E-state index in [9.17, 15) is 13.6 Å². The highest BCUT2D eigenvalue weighted by molar-refractivity contribution is 6.04. The van der Waals surface area contributed by atoms with Gasteiger partial charge in [0.25, 0.3) is 5.91 Å². The molecule has 0 radical (unpaired) electrons. The summed E-state index contributed by atoms with van der Waals surface area (Å²) < 4.78 is 27.4. The topological polar surface area (TPSA) is 66.9 Å². The van der Waals surface area contributed by atoms with Crippen molar-refractivity contribution in [2.45, 2.75) is 6.92 Å². The van der Waals surface area contributed by atoms with E-state index in [2.05, 4.69) is 20.6 Å². The zero-order valence-electron chi connectivity index (χ0n) is 10.7. The fourth-order valence-corrected chi connectivity index (χ4v) is 1.62. The van der Waals surface area contributed by atoms with Gasteiger partial charge in [-0.2, -0.15) is 0 Å². The van der Waals surface area contributed by atoms with Crippen LogP contribution in [-0.2, 0) is 0 Å². The molecule has 2 aromatic rings. The first-order chi connectivity index (χ1) is 9.61.